The highest BCUT2D eigenvalue weighted by Gasteiger charge is 2.24. The largest absolute Gasteiger partial charge is 0.393 e. The molecule has 0 aromatic carbocycles. The zero-order valence-electron chi connectivity index (χ0n) is 13.4. The van der Waals surface area contributed by atoms with E-state index in [-0.39, 0.29) is 17.9 Å². The van der Waals surface area contributed by atoms with Crippen LogP contribution in [0.25, 0.3) is 0 Å². The summed E-state index contributed by atoms with van der Waals surface area (Å²) in [7, 11) is 0. The molecule has 1 saturated heterocycles. The Hall–Kier alpha value is -1.05. The van der Waals surface area contributed by atoms with Gasteiger partial charge in [0, 0.05) is 13.0 Å². The summed E-state index contributed by atoms with van der Waals surface area (Å²) in [5, 5.41) is 22.2. The number of aromatic nitrogens is 2. The first-order valence-corrected chi connectivity index (χ1v) is 8.92. The molecule has 1 aromatic heterocycles. The van der Waals surface area contributed by atoms with Gasteiger partial charge in [0.25, 0.3) is 0 Å². The van der Waals surface area contributed by atoms with Crippen LogP contribution in [0.2, 0.25) is 0 Å². The summed E-state index contributed by atoms with van der Waals surface area (Å²) in [5.74, 6) is 0.216. The summed E-state index contributed by atoms with van der Waals surface area (Å²) in [6.45, 7) is 6.01. The average Bonchev–Trinajstić information content (AvgIpc) is 2.92. The maximum absolute atomic E-state index is 12.1. The summed E-state index contributed by atoms with van der Waals surface area (Å²) < 4.78 is 0. The van der Waals surface area contributed by atoms with Gasteiger partial charge in [-0.05, 0) is 38.6 Å². The van der Waals surface area contributed by atoms with Crippen molar-refractivity contribution in [3.8, 4) is 0 Å². The van der Waals surface area contributed by atoms with Crippen LogP contribution in [-0.2, 0) is 11.2 Å². The Morgan fingerprint density at radius 2 is 2.36 bits per heavy atom. The molecule has 0 radical (unpaired) electrons. The molecule has 0 spiro atoms. The van der Waals surface area contributed by atoms with Crippen LogP contribution in [0.15, 0.2) is 0 Å². The van der Waals surface area contributed by atoms with Crippen molar-refractivity contribution in [3.05, 3.63) is 5.01 Å². The van der Waals surface area contributed by atoms with E-state index in [0.29, 0.717) is 11.7 Å². The first-order chi connectivity index (χ1) is 10.6. The maximum Gasteiger partial charge on any atom is 0.240 e. The monoisotopic (exact) mass is 326 g/mol. The summed E-state index contributed by atoms with van der Waals surface area (Å²) in [6, 6.07) is 0. The molecule has 124 valence electrons. The summed E-state index contributed by atoms with van der Waals surface area (Å²) in [6.07, 6.45) is 4.90. The number of piperidine rings is 1. The Kier molecular flexibility index (Phi) is 6.72. The smallest absolute Gasteiger partial charge is 0.240 e. The van der Waals surface area contributed by atoms with Crippen LogP contribution in [0.3, 0.4) is 0 Å². The molecule has 0 aliphatic carbocycles. The number of unbranched alkanes of at least 4 members (excludes halogenated alkanes) is 1. The van der Waals surface area contributed by atoms with Gasteiger partial charge in [0.1, 0.15) is 5.01 Å². The molecule has 7 heteroatoms. The first kappa shape index (κ1) is 17.3. The summed E-state index contributed by atoms with van der Waals surface area (Å²) in [5.41, 5.74) is 0. The lowest BCUT2D eigenvalue weighted by molar-refractivity contribution is -0.118. The van der Waals surface area contributed by atoms with Crippen molar-refractivity contribution in [2.75, 3.05) is 25.0 Å². The molecular formula is C15H26N4O2S. The number of hydrogen-bond donors (Lipinski definition) is 2. The van der Waals surface area contributed by atoms with E-state index in [1.165, 1.54) is 11.3 Å². The number of carbonyl (C=O) groups excluding carboxylic acids is 1. The zero-order chi connectivity index (χ0) is 15.9. The molecule has 1 aliphatic heterocycles. The SMILES string of the molecule is CCCCc1nnc(NC(=O)CN2CCCC(C(C)O)C2)s1. The van der Waals surface area contributed by atoms with Gasteiger partial charge < -0.3 is 5.11 Å². The Labute approximate surface area is 135 Å². The van der Waals surface area contributed by atoms with E-state index in [9.17, 15) is 9.90 Å². The highest BCUT2D eigenvalue weighted by molar-refractivity contribution is 7.15. The number of amides is 1. The second kappa shape index (κ2) is 8.55. The van der Waals surface area contributed by atoms with Crippen molar-refractivity contribution < 1.29 is 9.90 Å². The Morgan fingerprint density at radius 3 is 3.09 bits per heavy atom. The molecule has 1 fully saturated rings. The molecule has 0 bridgehead atoms. The average molecular weight is 326 g/mol. The number of hydrogen-bond acceptors (Lipinski definition) is 6. The number of aryl methyl sites for hydroxylation is 1. The Morgan fingerprint density at radius 1 is 1.55 bits per heavy atom. The third kappa shape index (κ3) is 5.30. The first-order valence-electron chi connectivity index (χ1n) is 8.11. The second-order valence-electron chi connectivity index (χ2n) is 6.03. The highest BCUT2D eigenvalue weighted by Crippen LogP contribution is 2.20. The lowest BCUT2D eigenvalue weighted by Crippen LogP contribution is -2.43. The number of likely N-dealkylation sites (tertiary alicyclic amines) is 1. The highest BCUT2D eigenvalue weighted by atomic mass is 32.1. The van der Waals surface area contributed by atoms with Gasteiger partial charge in [-0.1, -0.05) is 24.7 Å². The topological polar surface area (TPSA) is 78.4 Å². The molecule has 2 atom stereocenters. The minimum atomic E-state index is -0.310. The van der Waals surface area contributed by atoms with Crippen LogP contribution in [-0.4, -0.2) is 51.8 Å². The third-order valence-corrected chi connectivity index (χ3v) is 4.95. The van der Waals surface area contributed by atoms with E-state index >= 15 is 0 Å². The van der Waals surface area contributed by atoms with E-state index in [0.717, 1.165) is 50.2 Å². The van der Waals surface area contributed by atoms with Gasteiger partial charge in [0.15, 0.2) is 0 Å². The summed E-state index contributed by atoms with van der Waals surface area (Å²) in [4.78, 5) is 14.2. The molecule has 0 saturated carbocycles. The fraction of sp³-hybridized carbons (Fsp3) is 0.800. The van der Waals surface area contributed by atoms with Crippen LogP contribution < -0.4 is 5.32 Å². The van der Waals surface area contributed by atoms with Crippen molar-refractivity contribution in [3.63, 3.8) is 0 Å². The van der Waals surface area contributed by atoms with Crippen molar-refractivity contribution in [2.45, 2.75) is 52.1 Å². The van der Waals surface area contributed by atoms with Gasteiger partial charge in [0.05, 0.1) is 12.6 Å². The fourth-order valence-corrected chi connectivity index (χ4v) is 3.52. The second-order valence-corrected chi connectivity index (χ2v) is 7.09. The minimum Gasteiger partial charge on any atom is -0.393 e. The van der Waals surface area contributed by atoms with E-state index in [1.807, 2.05) is 6.92 Å². The molecule has 22 heavy (non-hydrogen) atoms. The van der Waals surface area contributed by atoms with Crippen LogP contribution in [0.1, 0.15) is 44.5 Å². The van der Waals surface area contributed by atoms with E-state index in [1.54, 1.807) is 0 Å². The lowest BCUT2D eigenvalue weighted by Gasteiger charge is -2.33. The quantitative estimate of drug-likeness (QED) is 0.800. The molecule has 2 rings (SSSR count). The summed E-state index contributed by atoms with van der Waals surface area (Å²) >= 11 is 1.46. The normalized spacial score (nSPS) is 20.8. The van der Waals surface area contributed by atoms with E-state index < -0.39 is 0 Å². The van der Waals surface area contributed by atoms with Crippen LogP contribution >= 0.6 is 11.3 Å². The van der Waals surface area contributed by atoms with Gasteiger partial charge in [-0.3, -0.25) is 15.0 Å². The predicted octanol–water partition coefficient (Wildman–Crippen LogP) is 1.91. The number of nitrogens with one attached hydrogen (secondary N) is 1. The van der Waals surface area contributed by atoms with Gasteiger partial charge in [0.2, 0.25) is 11.0 Å². The van der Waals surface area contributed by atoms with Gasteiger partial charge >= 0.3 is 0 Å². The van der Waals surface area contributed by atoms with E-state index in [4.69, 9.17) is 0 Å². The molecule has 1 amide bonds. The van der Waals surface area contributed by atoms with Crippen LogP contribution in [0.5, 0.6) is 0 Å². The van der Waals surface area contributed by atoms with Gasteiger partial charge in [-0.25, -0.2) is 0 Å². The number of nitrogens with zero attached hydrogens (tertiary/aromatic N) is 3. The third-order valence-electron chi connectivity index (χ3n) is 4.05. The standard InChI is InChI=1S/C15H26N4O2S/c1-3-4-7-14-17-18-15(22-14)16-13(21)10-19-8-5-6-12(9-19)11(2)20/h11-12,20H,3-10H2,1-2H3,(H,16,18,21). The maximum atomic E-state index is 12.1. The zero-order valence-corrected chi connectivity index (χ0v) is 14.2. The molecule has 2 N–H and O–H groups in total. The van der Waals surface area contributed by atoms with Crippen LogP contribution in [0, 0.1) is 5.92 Å². The van der Waals surface area contributed by atoms with Gasteiger partial charge in [-0.15, -0.1) is 10.2 Å². The number of carbonyl (C=O) groups is 1. The number of aliphatic hydroxyl groups is 1. The number of anilines is 1. The molecule has 6 nitrogen and oxygen atoms in total. The molecular weight excluding hydrogens is 300 g/mol. The molecule has 2 heterocycles. The number of rotatable bonds is 7. The minimum absolute atomic E-state index is 0.0514. The molecule has 1 aliphatic rings. The van der Waals surface area contributed by atoms with Crippen LogP contribution in [0.4, 0.5) is 5.13 Å². The van der Waals surface area contributed by atoms with Crippen molar-refractivity contribution in [1.29, 1.82) is 0 Å². The van der Waals surface area contributed by atoms with Crippen molar-refractivity contribution in [1.82, 2.24) is 15.1 Å². The van der Waals surface area contributed by atoms with Crippen molar-refractivity contribution >= 4 is 22.4 Å². The predicted molar refractivity (Wildman–Crippen MR) is 88.0 cm³/mol. The Balaban J connectivity index is 1.78. The fourth-order valence-electron chi connectivity index (χ4n) is 2.72. The van der Waals surface area contributed by atoms with Crippen molar-refractivity contribution in [2.24, 2.45) is 5.92 Å². The van der Waals surface area contributed by atoms with E-state index in [2.05, 4.69) is 27.3 Å². The lowest BCUT2D eigenvalue weighted by atomic mass is 9.93. The molecule has 2 unspecified atom stereocenters. The Bertz CT molecular complexity index is 478. The van der Waals surface area contributed by atoms with Gasteiger partial charge in [-0.2, -0.15) is 0 Å². The molecule has 1 aromatic rings. The number of aliphatic hydroxyl groups excluding tert-OH is 1.